The van der Waals surface area contributed by atoms with Crippen molar-refractivity contribution in [3.05, 3.63) is 89.4 Å². The van der Waals surface area contributed by atoms with Gasteiger partial charge in [0.05, 0.1) is 5.69 Å². The molecule has 1 aromatic heterocycles. The minimum atomic E-state index is -0.143. The minimum Gasteiger partial charge on any atom is -0.256 e. The Morgan fingerprint density at radius 2 is 1.35 bits per heavy atom. The van der Waals surface area contributed by atoms with Gasteiger partial charge in [0.15, 0.2) is 0 Å². The second-order valence-corrected chi connectivity index (χ2v) is 6.89. The van der Waals surface area contributed by atoms with Crippen molar-refractivity contribution >= 4 is 10.8 Å². The van der Waals surface area contributed by atoms with E-state index in [0.717, 1.165) is 22.0 Å². The van der Waals surface area contributed by atoms with Crippen LogP contribution < -0.4 is 0 Å². The molecule has 4 rings (SSSR count). The van der Waals surface area contributed by atoms with Gasteiger partial charge in [0.1, 0.15) is 5.82 Å². The molecule has 128 valence electrons. The molecule has 0 N–H and O–H groups in total. The highest BCUT2D eigenvalue weighted by Crippen LogP contribution is 2.32. The Hall–Kier alpha value is -3.00. The molecule has 0 fully saturated rings. The maximum absolute atomic E-state index is 14.0. The molecule has 0 saturated carbocycles. The van der Waals surface area contributed by atoms with Gasteiger partial charge in [-0.3, -0.25) is 4.98 Å². The van der Waals surface area contributed by atoms with E-state index < -0.39 is 0 Å². The van der Waals surface area contributed by atoms with Crippen molar-refractivity contribution in [3.8, 4) is 22.4 Å². The Morgan fingerprint density at radius 3 is 2.04 bits per heavy atom. The van der Waals surface area contributed by atoms with Crippen molar-refractivity contribution in [1.82, 2.24) is 4.98 Å². The van der Waals surface area contributed by atoms with Gasteiger partial charge in [-0.05, 0) is 72.7 Å². The largest absolute Gasteiger partial charge is 0.256 e. The van der Waals surface area contributed by atoms with E-state index in [-0.39, 0.29) is 5.82 Å². The van der Waals surface area contributed by atoms with Gasteiger partial charge >= 0.3 is 0 Å². The lowest BCUT2D eigenvalue weighted by Crippen LogP contribution is -1.92. The van der Waals surface area contributed by atoms with Crippen LogP contribution in [0.3, 0.4) is 0 Å². The van der Waals surface area contributed by atoms with E-state index >= 15 is 0 Å². The first-order valence-electron chi connectivity index (χ1n) is 8.76. The van der Waals surface area contributed by atoms with Gasteiger partial charge < -0.3 is 0 Å². The van der Waals surface area contributed by atoms with Crippen LogP contribution in [0, 0.1) is 26.6 Å². The number of pyridine rings is 1. The summed E-state index contributed by atoms with van der Waals surface area (Å²) in [7, 11) is 0. The fourth-order valence-corrected chi connectivity index (χ4v) is 3.42. The molecule has 26 heavy (non-hydrogen) atoms. The van der Waals surface area contributed by atoms with Crippen LogP contribution in [0.1, 0.15) is 16.7 Å². The van der Waals surface area contributed by atoms with Crippen molar-refractivity contribution in [2.24, 2.45) is 0 Å². The lowest BCUT2D eigenvalue weighted by molar-refractivity contribution is 0.609. The number of nitrogens with zero attached hydrogens (tertiary/aromatic N) is 1. The van der Waals surface area contributed by atoms with Gasteiger partial charge in [0.2, 0.25) is 0 Å². The molecule has 0 bridgehead atoms. The highest BCUT2D eigenvalue weighted by atomic mass is 19.1. The molecule has 0 aliphatic rings. The summed E-state index contributed by atoms with van der Waals surface area (Å²) in [6.45, 7) is 5.69. The predicted molar refractivity (Wildman–Crippen MR) is 107 cm³/mol. The first-order chi connectivity index (χ1) is 12.5. The zero-order chi connectivity index (χ0) is 18.3. The number of benzene rings is 3. The van der Waals surface area contributed by atoms with Gasteiger partial charge in [-0.2, -0.15) is 0 Å². The summed E-state index contributed by atoms with van der Waals surface area (Å²) in [5.41, 5.74) is 6.78. The monoisotopic (exact) mass is 341 g/mol. The Morgan fingerprint density at radius 1 is 0.692 bits per heavy atom. The normalized spacial score (nSPS) is 11.1. The van der Waals surface area contributed by atoms with Gasteiger partial charge in [-0.25, -0.2) is 4.39 Å². The maximum atomic E-state index is 14.0. The lowest BCUT2D eigenvalue weighted by atomic mass is 9.97. The molecular formula is C24H20FN. The average molecular weight is 341 g/mol. The van der Waals surface area contributed by atoms with E-state index in [4.69, 9.17) is 0 Å². The molecule has 4 aromatic rings. The summed E-state index contributed by atoms with van der Waals surface area (Å²) in [6, 6.07) is 20.7. The number of aromatic nitrogens is 1. The molecule has 3 aromatic carbocycles. The number of hydrogen-bond donors (Lipinski definition) is 0. The van der Waals surface area contributed by atoms with Gasteiger partial charge in [0.25, 0.3) is 0 Å². The third-order valence-electron chi connectivity index (χ3n) is 4.86. The molecule has 2 heteroatoms. The minimum absolute atomic E-state index is 0.143. The van der Waals surface area contributed by atoms with Crippen molar-refractivity contribution in [3.63, 3.8) is 0 Å². The summed E-state index contributed by atoms with van der Waals surface area (Å²) in [5, 5.41) is 2.21. The Kier molecular flexibility index (Phi) is 4.04. The van der Waals surface area contributed by atoms with Crippen LogP contribution in [0.15, 0.2) is 66.9 Å². The summed E-state index contributed by atoms with van der Waals surface area (Å²) in [5.74, 6) is -0.143. The van der Waals surface area contributed by atoms with Crippen LogP contribution in [-0.2, 0) is 0 Å². The smallest absolute Gasteiger partial charge is 0.129 e. The average Bonchev–Trinajstić information content (AvgIpc) is 2.65. The number of aryl methyl sites for hydroxylation is 3. The summed E-state index contributed by atoms with van der Waals surface area (Å²) in [6.07, 6.45) is 1.82. The second kappa shape index (κ2) is 6.38. The summed E-state index contributed by atoms with van der Waals surface area (Å²) in [4.78, 5) is 4.58. The predicted octanol–water partition coefficient (Wildman–Crippen LogP) is 6.63. The number of rotatable bonds is 2. The van der Waals surface area contributed by atoms with Crippen molar-refractivity contribution in [2.45, 2.75) is 20.8 Å². The van der Waals surface area contributed by atoms with E-state index in [1.54, 1.807) is 13.8 Å². The zero-order valence-electron chi connectivity index (χ0n) is 15.2. The van der Waals surface area contributed by atoms with Crippen LogP contribution >= 0.6 is 0 Å². The molecule has 0 saturated heterocycles. The van der Waals surface area contributed by atoms with E-state index in [1.807, 2.05) is 24.4 Å². The Labute approximate surface area is 153 Å². The molecule has 0 radical (unpaired) electrons. The SMILES string of the molecule is Cc1ccc(-c2ccc3c(-c4cc(C)c(F)c(C)c4)nccc3c2)cc1. The molecule has 0 unspecified atom stereocenters. The molecular weight excluding hydrogens is 321 g/mol. The third-order valence-corrected chi connectivity index (χ3v) is 4.86. The maximum Gasteiger partial charge on any atom is 0.129 e. The molecule has 0 spiro atoms. The molecule has 0 atom stereocenters. The van der Waals surface area contributed by atoms with E-state index in [0.29, 0.717) is 11.1 Å². The number of halogens is 1. The van der Waals surface area contributed by atoms with Gasteiger partial charge in [0, 0.05) is 17.1 Å². The van der Waals surface area contributed by atoms with Crippen LogP contribution in [0.25, 0.3) is 33.2 Å². The molecule has 1 nitrogen and oxygen atoms in total. The third kappa shape index (κ3) is 2.88. The first kappa shape index (κ1) is 16.5. The van der Waals surface area contributed by atoms with Crippen molar-refractivity contribution in [1.29, 1.82) is 0 Å². The number of fused-ring (bicyclic) bond motifs is 1. The second-order valence-electron chi connectivity index (χ2n) is 6.89. The molecule has 0 amide bonds. The standard InChI is InChI=1S/C24H20FN/c1-15-4-6-18(7-5-15)19-8-9-22-20(14-19)10-11-26-24(22)21-12-16(2)23(25)17(3)13-21/h4-14H,1-3H3. The van der Waals surface area contributed by atoms with Crippen molar-refractivity contribution < 1.29 is 4.39 Å². The zero-order valence-corrected chi connectivity index (χ0v) is 15.2. The highest BCUT2D eigenvalue weighted by molar-refractivity contribution is 5.96. The Balaban J connectivity index is 1.87. The molecule has 0 aliphatic carbocycles. The topological polar surface area (TPSA) is 12.9 Å². The summed E-state index contributed by atoms with van der Waals surface area (Å²) < 4.78 is 14.0. The number of hydrogen-bond acceptors (Lipinski definition) is 1. The van der Waals surface area contributed by atoms with Gasteiger partial charge in [-0.1, -0.05) is 42.0 Å². The molecule has 0 aliphatic heterocycles. The lowest BCUT2D eigenvalue weighted by Gasteiger charge is -2.11. The fraction of sp³-hybridized carbons (Fsp3) is 0.125. The summed E-state index contributed by atoms with van der Waals surface area (Å²) >= 11 is 0. The van der Waals surface area contributed by atoms with E-state index in [9.17, 15) is 4.39 Å². The van der Waals surface area contributed by atoms with E-state index in [2.05, 4.69) is 54.4 Å². The highest BCUT2D eigenvalue weighted by Gasteiger charge is 2.10. The van der Waals surface area contributed by atoms with Crippen LogP contribution in [0.5, 0.6) is 0 Å². The van der Waals surface area contributed by atoms with Crippen molar-refractivity contribution in [2.75, 3.05) is 0 Å². The fourth-order valence-electron chi connectivity index (χ4n) is 3.42. The van der Waals surface area contributed by atoms with Crippen LogP contribution in [-0.4, -0.2) is 4.98 Å². The first-order valence-corrected chi connectivity index (χ1v) is 8.76. The van der Waals surface area contributed by atoms with Gasteiger partial charge in [-0.15, -0.1) is 0 Å². The Bertz CT molecular complexity index is 1090. The van der Waals surface area contributed by atoms with Crippen LogP contribution in [0.4, 0.5) is 4.39 Å². The van der Waals surface area contributed by atoms with E-state index in [1.165, 1.54) is 16.7 Å². The van der Waals surface area contributed by atoms with Crippen LogP contribution in [0.2, 0.25) is 0 Å². The molecule has 1 heterocycles. The quantitative estimate of drug-likeness (QED) is 0.398.